The molecule has 0 heterocycles. The standard InChI is InChI=1S/C18H26ClN3O2.ClH/c1-11(2)16(20)18(24)21-10-15(23)22-17(12-4-3-5-12)13-6-8-14(19)9-7-13;/h6-9,11-12,16-17H,3-5,10,20H2,1-2H3,(H,21,24)(H,22,23);1H/t16-,17?;/m0./s1. The van der Waals surface area contributed by atoms with Crippen LogP contribution in [0.2, 0.25) is 5.02 Å². The summed E-state index contributed by atoms with van der Waals surface area (Å²) in [5.41, 5.74) is 6.82. The molecule has 0 bridgehead atoms. The molecule has 2 rings (SSSR count). The molecule has 1 aliphatic carbocycles. The van der Waals surface area contributed by atoms with Gasteiger partial charge in [-0.25, -0.2) is 0 Å². The van der Waals surface area contributed by atoms with Crippen molar-refractivity contribution in [3.8, 4) is 0 Å². The number of amides is 2. The van der Waals surface area contributed by atoms with Crippen molar-refractivity contribution in [3.63, 3.8) is 0 Å². The van der Waals surface area contributed by atoms with E-state index in [1.54, 1.807) is 0 Å². The van der Waals surface area contributed by atoms with Crippen LogP contribution in [0.5, 0.6) is 0 Å². The summed E-state index contributed by atoms with van der Waals surface area (Å²) < 4.78 is 0. The fourth-order valence-electron chi connectivity index (χ4n) is 2.73. The molecule has 7 heteroatoms. The van der Waals surface area contributed by atoms with E-state index in [-0.39, 0.29) is 42.7 Å². The summed E-state index contributed by atoms with van der Waals surface area (Å²) in [5.74, 6) is -0.0356. The van der Waals surface area contributed by atoms with Gasteiger partial charge in [-0.1, -0.05) is 44.0 Å². The van der Waals surface area contributed by atoms with Gasteiger partial charge in [0.2, 0.25) is 11.8 Å². The number of hydrogen-bond donors (Lipinski definition) is 3. The quantitative estimate of drug-likeness (QED) is 0.672. The third-order valence-corrected chi connectivity index (χ3v) is 4.86. The number of carbonyl (C=O) groups is 2. The van der Waals surface area contributed by atoms with Gasteiger partial charge in [0.1, 0.15) is 0 Å². The molecule has 0 aliphatic heterocycles. The van der Waals surface area contributed by atoms with Gasteiger partial charge in [0.05, 0.1) is 18.6 Å². The molecular formula is C18H27Cl2N3O2. The predicted octanol–water partition coefficient (Wildman–Crippen LogP) is 2.82. The molecule has 1 unspecified atom stereocenters. The summed E-state index contributed by atoms with van der Waals surface area (Å²) in [4.78, 5) is 24.1. The summed E-state index contributed by atoms with van der Waals surface area (Å²) in [6.45, 7) is 3.69. The summed E-state index contributed by atoms with van der Waals surface area (Å²) in [6, 6.07) is 6.91. The van der Waals surface area contributed by atoms with Gasteiger partial charge in [0, 0.05) is 5.02 Å². The molecule has 0 aromatic heterocycles. The Hall–Kier alpha value is -1.30. The number of benzene rings is 1. The van der Waals surface area contributed by atoms with Crippen LogP contribution in [0.3, 0.4) is 0 Å². The van der Waals surface area contributed by atoms with Gasteiger partial charge in [-0.15, -0.1) is 12.4 Å². The van der Waals surface area contributed by atoms with Crippen LogP contribution in [0.25, 0.3) is 0 Å². The summed E-state index contributed by atoms with van der Waals surface area (Å²) in [6.07, 6.45) is 3.38. The Morgan fingerprint density at radius 1 is 1.24 bits per heavy atom. The van der Waals surface area contributed by atoms with Crippen molar-refractivity contribution in [2.24, 2.45) is 17.6 Å². The van der Waals surface area contributed by atoms with E-state index in [0.29, 0.717) is 10.9 Å². The normalized spacial score (nSPS) is 16.4. The summed E-state index contributed by atoms with van der Waals surface area (Å²) in [5, 5.41) is 6.32. The Morgan fingerprint density at radius 2 is 1.84 bits per heavy atom. The predicted molar refractivity (Wildman–Crippen MR) is 103 cm³/mol. The first-order chi connectivity index (χ1) is 11.4. The maximum Gasteiger partial charge on any atom is 0.239 e. The highest BCUT2D eigenvalue weighted by Gasteiger charge is 2.30. The third kappa shape index (κ3) is 6.17. The van der Waals surface area contributed by atoms with Crippen molar-refractivity contribution in [3.05, 3.63) is 34.9 Å². The summed E-state index contributed by atoms with van der Waals surface area (Å²) >= 11 is 5.94. The van der Waals surface area contributed by atoms with Gasteiger partial charge in [-0.05, 0) is 42.4 Å². The first-order valence-corrected chi connectivity index (χ1v) is 8.84. The highest BCUT2D eigenvalue weighted by atomic mass is 35.5. The molecule has 1 saturated carbocycles. The minimum atomic E-state index is -0.600. The number of nitrogens with two attached hydrogens (primary N) is 1. The van der Waals surface area contributed by atoms with Crippen LogP contribution in [0.4, 0.5) is 0 Å². The van der Waals surface area contributed by atoms with Gasteiger partial charge < -0.3 is 16.4 Å². The molecule has 0 radical (unpaired) electrons. The summed E-state index contributed by atoms with van der Waals surface area (Å²) in [7, 11) is 0. The molecular weight excluding hydrogens is 361 g/mol. The van der Waals surface area contributed by atoms with E-state index in [1.807, 2.05) is 38.1 Å². The Balaban J connectivity index is 0.00000312. The van der Waals surface area contributed by atoms with Crippen molar-refractivity contribution in [1.82, 2.24) is 10.6 Å². The van der Waals surface area contributed by atoms with Crippen LogP contribution in [0.1, 0.15) is 44.7 Å². The molecule has 1 aromatic rings. The lowest BCUT2D eigenvalue weighted by Crippen LogP contribution is -2.48. The molecule has 0 saturated heterocycles. The largest absolute Gasteiger partial charge is 0.347 e. The second kappa shape index (κ2) is 10.00. The van der Waals surface area contributed by atoms with Crippen molar-refractivity contribution in [2.75, 3.05) is 6.54 Å². The third-order valence-electron chi connectivity index (χ3n) is 4.61. The Morgan fingerprint density at radius 3 is 2.32 bits per heavy atom. The molecule has 1 fully saturated rings. The molecule has 2 amide bonds. The van der Waals surface area contributed by atoms with Gasteiger partial charge in [-0.2, -0.15) is 0 Å². The van der Waals surface area contributed by atoms with E-state index < -0.39 is 6.04 Å². The zero-order valence-corrected chi connectivity index (χ0v) is 16.2. The fraction of sp³-hybridized carbons (Fsp3) is 0.556. The highest BCUT2D eigenvalue weighted by Crippen LogP contribution is 2.37. The molecule has 140 valence electrons. The van der Waals surface area contributed by atoms with Crippen LogP contribution < -0.4 is 16.4 Å². The second-order valence-electron chi connectivity index (χ2n) is 6.78. The van der Waals surface area contributed by atoms with Gasteiger partial charge in [0.15, 0.2) is 0 Å². The van der Waals surface area contributed by atoms with Crippen molar-refractivity contribution in [1.29, 1.82) is 0 Å². The minimum absolute atomic E-state index is 0. The average molecular weight is 388 g/mol. The highest BCUT2D eigenvalue weighted by molar-refractivity contribution is 6.30. The molecule has 4 N–H and O–H groups in total. The SMILES string of the molecule is CC(C)[C@H](N)C(=O)NCC(=O)NC(c1ccc(Cl)cc1)C1CCC1.Cl. The van der Waals surface area contributed by atoms with Gasteiger partial charge >= 0.3 is 0 Å². The molecule has 0 spiro atoms. The maximum absolute atomic E-state index is 12.2. The molecule has 1 aliphatic rings. The maximum atomic E-state index is 12.2. The monoisotopic (exact) mass is 387 g/mol. The van der Waals surface area contributed by atoms with Crippen LogP contribution in [0, 0.1) is 11.8 Å². The first kappa shape index (κ1) is 21.7. The lowest BCUT2D eigenvalue weighted by Gasteiger charge is -2.34. The van der Waals surface area contributed by atoms with Crippen LogP contribution >= 0.6 is 24.0 Å². The lowest BCUT2D eigenvalue weighted by atomic mass is 9.77. The van der Waals surface area contributed by atoms with E-state index >= 15 is 0 Å². The number of hydrogen-bond acceptors (Lipinski definition) is 3. The fourth-order valence-corrected chi connectivity index (χ4v) is 2.86. The average Bonchev–Trinajstić information content (AvgIpc) is 2.50. The minimum Gasteiger partial charge on any atom is -0.347 e. The smallest absolute Gasteiger partial charge is 0.239 e. The van der Waals surface area contributed by atoms with Crippen LogP contribution in [0.15, 0.2) is 24.3 Å². The number of carbonyl (C=O) groups excluding carboxylic acids is 2. The molecule has 5 nitrogen and oxygen atoms in total. The van der Waals surface area contributed by atoms with E-state index in [9.17, 15) is 9.59 Å². The van der Waals surface area contributed by atoms with Crippen molar-refractivity contribution < 1.29 is 9.59 Å². The number of halogens is 2. The van der Waals surface area contributed by atoms with Gasteiger partial charge in [0.25, 0.3) is 0 Å². The topological polar surface area (TPSA) is 84.2 Å². The molecule has 2 atom stereocenters. The Bertz CT molecular complexity index is 574. The van der Waals surface area contributed by atoms with Crippen molar-refractivity contribution in [2.45, 2.75) is 45.2 Å². The Kier molecular flexibility index (Phi) is 8.69. The number of nitrogens with one attached hydrogen (secondary N) is 2. The van der Waals surface area contributed by atoms with E-state index in [1.165, 1.54) is 6.42 Å². The second-order valence-corrected chi connectivity index (χ2v) is 7.21. The lowest BCUT2D eigenvalue weighted by molar-refractivity contribution is -0.128. The van der Waals surface area contributed by atoms with Crippen LogP contribution in [-0.4, -0.2) is 24.4 Å². The van der Waals surface area contributed by atoms with E-state index in [4.69, 9.17) is 17.3 Å². The van der Waals surface area contributed by atoms with Gasteiger partial charge in [-0.3, -0.25) is 9.59 Å². The number of rotatable bonds is 7. The van der Waals surface area contributed by atoms with E-state index in [0.717, 1.165) is 18.4 Å². The first-order valence-electron chi connectivity index (χ1n) is 8.46. The zero-order valence-electron chi connectivity index (χ0n) is 14.6. The van der Waals surface area contributed by atoms with E-state index in [2.05, 4.69) is 10.6 Å². The van der Waals surface area contributed by atoms with Crippen LogP contribution in [-0.2, 0) is 9.59 Å². The molecule has 1 aromatic carbocycles. The zero-order chi connectivity index (χ0) is 17.7. The van der Waals surface area contributed by atoms with Crippen molar-refractivity contribution >= 4 is 35.8 Å². The Labute approximate surface area is 160 Å². The molecule has 25 heavy (non-hydrogen) atoms.